The van der Waals surface area contributed by atoms with Crippen molar-refractivity contribution in [2.45, 2.75) is 19.3 Å². The fraction of sp³-hybridized carbons (Fsp3) is 0.0600. The molecule has 0 saturated heterocycles. The second-order valence-corrected chi connectivity index (χ2v) is 14.8. The predicted molar refractivity (Wildman–Crippen MR) is 221 cm³/mol. The van der Waals surface area contributed by atoms with E-state index in [4.69, 9.17) is 19.4 Å². The number of rotatable bonds is 4. The van der Waals surface area contributed by atoms with E-state index >= 15 is 0 Å². The van der Waals surface area contributed by atoms with Gasteiger partial charge in [-0.05, 0) is 52.6 Å². The Kier molecular flexibility index (Phi) is 6.56. The molecule has 0 spiro atoms. The Morgan fingerprint density at radius 2 is 1.07 bits per heavy atom. The van der Waals surface area contributed by atoms with Crippen molar-refractivity contribution in [3.63, 3.8) is 0 Å². The van der Waals surface area contributed by atoms with Crippen molar-refractivity contribution in [3.8, 4) is 56.3 Å². The van der Waals surface area contributed by atoms with Gasteiger partial charge in [0.1, 0.15) is 11.2 Å². The van der Waals surface area contributed by atoms with Crippen molar-refractivity contribution in [3.05, 3.63) is 175 Å². The number of furan rings is 1. The molecular formula is C50H33N3O. The molecule has 0 N–H and O–H groups in total. The summed E-state index contributed by atoms with van der Waals surface area (Å²) in [6.45, 7) is 4.62. The second kappa shape index (κ2) is 11.5. The third-order valence-corrected chi connectivity index (χ3v) is 11.3. The van der Waals surface area contributed by atoms with Crippen molar-refractivity contribution >= 4 is 43.6 Å². The number of fused-ring (bicyclic) bond motifs is 10. The molecule has 0 aliphatic heterocycles. The largest absolute Gasteiger partial charge is 0.455 e. The lowest BCUT2D eigenvalue weighted by Gasteiger charge is -2.21. The third kappa shape index (κ3) is 4.53. The van der Waals surface area contributed by atoms with Gasteiger partial charge in [-0.2, -0.15) is 0 Å². The van der Waals surface area contributed by atoms with Crippen LogP contribution in [0.4, 0.5) is 0 Å². The maximum Gasteiger partial charge on any atom is 0.160 e. The Labute approximate surface area is 312 Å². The molecule has 0 saturated carbocycles. The summed E-state index contributed by atoms with van der Waals surface area (Å²) in [4.78, 5) is 15.6. The van der Waals surface area contributed by atoms with E-state index in [1.807, 2.05) is 30.3 Å². The highest BCUT2D eigenvalue weighted by molar-refractivity contribution is 6.25. The van der Waals surface area contributed by atoms with Crippen molar-refractivity contribution in [2.24, 2.45) is 0 Å². The van der Waals surface area contributed by atoms with Gasteiger partial charge >= 0.3 is 0 Å². The number of aromatic nitrogens is 3. The molecule has 0 amide bonds. The molecule has 0 bridgehead atoms. The minimum Gasteiger partial charge on any atom is -0.455 e. The molecule has 10 aromatic rings. The van der Waals surface area contributed by atoms with Gasteiger partial charge in [-0.25, -0.2) is 15.0 Å². The van der Waals surface area contributed by atoms with Crippen molar-refractivity contribution in [1.29, 1.82) is 0 Å². The Hall–Kier alpha value is -6.91. The Bertz CT molecular complexity index is 3120. The monoisotopic (exact) mass is 691 g/mol. The first-order valence-corrected chi connectivity index (χ1v) is 18.4. The highest BCUT2D eigenvalue weighted by Crippen LogP contribution is 2.50. The lowest BCUT2D eigenvalue weighted by Crippen LogP contribution is -2.14. The summed E-state index contributed by atoms with van der Waals surface area (Å²) in [5, 5.41) is 5.30. The van der Waals surface area contributed by atoms with E-state index in [2.05, 4.69) is 147 Å². The molecular weight excluding hydrogens is 659 g/mol. The van der Waals surface area contributed by atoms with Crippen LogP contribution in [0.15, 0.2) is 168 Å². The van der Waals surface area contributed by atoms with Gasteiger partial charge in [0.25, 0.3) is 0 Å². The number of pyridine rings is 1. The summed E-state index contributed by atoms with van der Waals surface area (Å²) in [5.41, 5.74) is 14.4. The minimum absolute atomic E-state index is 0.0686. The van der Waals surface area contributed by atoms with Gasteiger partial charge in [0.05, 0.1) is 22.6 Å². The average molecular weight is 692 g/mol. The molecule has 3 heterocycles. The summed E-state index contributed by atoms with van der Waals surface area (Å²) in [6.07, 6.45) is 0. The van der Waals surface area contributed by atoms with E-state index in [9.17, 15) is 0 Å². The van der Waals surface area contributed by atoms with Crippen molar-refractivity contribution in [2.75, 3.05) is 0 Å². The molecule has 1 aliphatic carbocycles. The van der Waals surface area contributed by atoms with Crippen molar-refractivity contribution < 1.29 is 4.42 Å². The Balaban J connectivity index is 1.16. The zero-order chi connectivity index (χ0) is 36.0. The second-order valence-electron chi connectivity index (χ2n) is 14.8. The molecule has 1 aliphatic rings. The summed E-state index contributed by atoms with van der Waals surface area (Å²) in [5.74, 6) is 0.674. The molecule has 254 valence electrons. The van der Waals surface area contributed by atoms with Crippen LogP contribution in [0, 0.1) is 0 Å². The first-order valence-electron chi connectivity index (χ1n) is 18.4. The zero-order valence-electron chi connectivity index (χ0n) is 29.8. The molecule has 4 heteroatoms. The van der Waals surface area contributed by atoms with E-state index in [0.717, 1.165) is 82.9 Å². The summed E-state index contributed by atoms with van der Waals surface area (Å²) in [6, 6.07) is 57.4. The first-order chi connectivity index (χ1) is 26.5. The number of para-hydroxylation sites is 2. The maximum atomic E-state index is 7.08. The maximum absolute atomic E-state index is 7.08. The zero-order valence-corrected chi connectivity index (χ0v) is 29.8. The normalized spacial score (nSPS) is 13.1. The highest BCUT2D eigenvalue weighted by atomic mass is 16.3. The van der Waals surface area contributed by atoms with E-state index in [-0.39, 0.29) is 5.41 Å². The van der Waals surface area contributed by atoms with E-state index < -0.39 is 0 Å². The van der Waals surface area contributed by atoms with Gasteiger partial charge < -0.3 is 4.42 Å². The molecule has 3 aromatic heterocycles. The molecule has 4 nitrogen and oxygen atoms in total. The van der Waals surface area contributed by atoms with E-state index in [1.165, 1.54) is 22.3 Å². The van der Waals surface area contributed by atoms with Gasteiger partial charge in [-0.15, -0.1) is 0 Å². The molecule has 0 unspecified atom stereocenters. The summed E-state index contributed by atoms with van der Waals surface area (Å²) >= 11 is 0. The Morgan fingerprint density at radius 3 is 1.93 bits per heavy atom. The average Bonchev–Trinajstić information content (AvgIpc) is 3.73. The van der Waals surface area contributed by atoms with Crippen LogP contribution in [0.1, 0.15) is 25.0 Å². The quantitative estimate of drug-likeness (QED) is 0.172. The molecule has 11 rings (SSSR count). The molecule has 0 fully saturated rings. The first kappa shape index (κ1) is 30.7. The fourth-order valence-electron chi connectivity index (χ4n) is 8.64. The van der Waals surface area contributed by atoms with Crippen LogP contribution in [0.3, 0.4) is 0 Å². The number of benzene rings is 7. The summed E-state index contributed by atoms with van der Waals surface area (Å²) in [7, 11) is 0. The molecule has 0 atom stereocenters. The lowest BCUT2D eigenvalue weighted by atomic mass is 9.82. The van der Waals surface area contributed by atoms with Crippen LogP contribution >= 0.6 is 0 Å². The number of nitrogens with zero attached hydrogens (tertiary/aromatic N) is 3. The molecule has 0 radical (unpaired) electrons. The standard InChI is InChI=1S/C50H33N3O/c1-50(2)40-22-11-9-18-33(40)39-28-32(24-27-41(39)50)43-29-44(53-49(52-43)31-16-7-4-8-17-31)37-21-13-20-34-35-25-26-38-45(48(35)54-47(34)37)36-19-10-12-23-42(36)51-46(38)30-14-5-3-6-15-30/h3-29H,1-2H3. The van der Waals surface area contributed by atoms with E-state index in [1.54, 1.807) is 0 Å². The smallest absolute Gasteiger partial charge is 0.160 e. The van der Waals surface area contributed by atoms with Gasteiger partial charge in [0.15, 0.2) is 5.82 Å². The van der Waals surface area contributed by atoms with Crippen LogP contribution in [-0.4, -0.2) is 15.0 Å². The third-order valence-electron chi connectivity index (χ3n) is 11.3. The highest BCUT2D eigenvalue weighted by Gasteiger charge is 2.35. The van der Waals surface area contributed by atoms with Gasteiger partial charge in [0.2, 0.25) is 0 Å². The van der Waals surface area contributed by atoms with Gasteiger partial charge in [0, 0.05) is 54.6 Å². The van der Waals surface area contributed by atoms with Gasteiger partial charge in [-0.3, -0.25) is 0 Å². The topological polar surface area (TPSA) is 51.8 Å². The van der Waals surface area contributed by atoms with E-state index in [0.29, 0.717) is 5.82 Å². The summed E-state index contributed by atoms with van der Waals surface area (Å²) < 4.78 is 7.08. The van der Waals surface area contributed by atoms with Crippen LogP contribution < -0.4 is 0 Å². The van der Waals surface area contributed by atoms with Crippen LogP contribution in [-0.2, 0) is 5.41 Å². The van der Waals surface area contributed by atoms with Gasteiger partial charge in [-0.1, -0.05) is 147 Å². The minimum atomic E-state index is -0.0686. The van der Waals surface area contributed by atoms with Crippen molar-refractivity contribution in [1.82, 2.24) is 15.0 Å². The van der Waals surface area contributed by atoms with Crippen LogP contribution in [0.5, 0.6) is 0 Å². The Morgan fingerprint density at radius 1 is 0.426 bits per heavy atom. The molecule has 54 heavy (non-hydrogen) atoms. The molecule has 7 aromatic carbocycles. The number of hydrogen-bond acceptors (Lipinski definition) is 4. The van der Waals surface area contributed by atoms with Crippen LogP contribution in [0.2, 0.25) is 0 Å². The lowest BCUT2D eigenvalue weighted by molar-refractivity contribution is 0.660. The number of hydrogen-bond donors (Lipinski definition) is 0. The fourth-order valence-corrected chi connectivity index (χ4v) is 8.64. The SMILES string of the molecule is CC1(C)c2ccccc2-c2cc(-c3cc(-c4cccc5c4oc4c5ccc5c(-c6ccccc6)nc6ccccc6c54)nc(-c4ccccc4)n3)ccc21. The van der Waals surface area contributed by atoms with Crippen LogP contribution in [0.25, 0.3) is 99.9 Å². The predicted octanol–water partition coefficient (Wildman–Crippen LogP) is 13.1.